The van der Waals surface area contributed by atoms with Crippen molar-refractivity contribution in [2.45, 2.75) is 26.2 Å². The van der Waals surface area contributed by atoms with E-state index in [1.165, 1.54) is 11.3 Å². The van der Waals surface area contributed by atoms with Crippen LogP contribution >= 0.6 is 34.5 Å². The first-order valence-electron chi connectivity index (χ1n) is 7.69. The highest BCUT2D eigenvalue weighted by atomic mass is 35.5. The average molecular weight is 379 g/mol. The molecule has 2 heterocycles. The topological polar surface area (TPSA) is 56.0 Å². The van der Waals surface area contributed by atoms with Crippen molar-refractivity contribution in [3.8, 4) is 0 Å². The van der Waals surface area contributed by atoms with Gasteiger partial charge in [-0.2, -0.15) is 0 Å². The van der Waals surface area contributed by atoms with Crippen LogP contribution in [0.5, 0.6) is 0 Å². The number of halogens is 2. The number of carbonyl (C=O) groups excluding carboxylic acids is 1. The molecule has 0 radical (unpaired) electrons. The van der Waals surface area contributed by atoms with Gasteiger partial charge in [-0.05, 0) is 43.2 Å². The van der Waals surface area contributed by atoms with E-state index in [0.29, 0.717) is 26.2 Å². The van der Waals surface area contributed by atoms with Crippen LogP contribution in [0.1, 0.15) is 40.7 Å². The summed E-state index contributed by atoms with van der Waals surface area (Å²) >= 11 is 13.4. The lowest BCUT2D eigenvalue weighted by molar-refractivity contribution is 0.104. The molecule has 0 aliphatic heterocycles. The van der Waals surface area contributed by atoms with E-state index < -0.39 is 0 Å². The summed E-state index contributed by atoms with van der Waals surface area (Å²) in [6.45, 7) is 2.15. The molecule has 0 bridgehead atoms. The van der Waals surface area contributed by atoms with Crippen LogP contribution in [0.15, 0.2) is 30.3 Å². The van der Waals surface area contributed by atoms with Crippen LogP contribution in [0.4, 0.5) is 5.69 Å². The maximum atomic E-state index is 12.8. The Bertz CT molecular complexity index is 921. The largest absolute Gasteiger partial charge is 0.397 e. The lowest BCUT2D eigenvalue weighted by Crippen LogP contribution is -2.02. The maximum Gasteiger partial charge on any atom is 0.206 e. The molecule has 2 N–H and O–H groups in total. The number of nitrogens with zero attached hydrogens (tertiary/aromatic N) is 1. The molecule has 1 aromatic carbocycles. The number of nitrogen functional groups attached to an aromatic ring is 1. The number of aromatic nitrogens is 1. The zero-order chi connectivity index (χ0) is 17.3. The van der Waals surface area contributed by atoms with E-state index in [2.05, 4.69) is 11.9 Å². The van der Waals surface area contributed by atoms with Gasteiger partial charge in [0.05, 0.1) is 10.7 Å². The predicted octanol–water partition coefficient (Wildman–Crippen LogP) is 5.76. The molecule has 24 heavy (non-hydrogen) atoms. The van der Waals surface area contributed by atoms with Gasteiger partial charge in [0.1, 0.15) is 9.71 Å². The first kappa shape index (κ1) is 17.2. The number of hydrogen-bond acceptors (Lipinski definition) is 4. The van der Waals surface area contributed by atoms with Gasteiger partial charge in [-0.25, -0.2) is 4.98 Å². The number of aryl methyl sites for hydroxylation is 1. The van der Waals surface area contributed by atoms with E-state index in [1.807, 2.05) is 12.1 Å². The van der Waals surface area contributed by atoms with Gasteiger partial charge in [0.25, 0.3) is 0 Å². The zero-order valence-corrected chi connectivity index (χ0v) is 15.4. The number of pyridine rings is 1. The van der Waals surface area contributed by atoms with Crippen molar-refractivity contribution < 1.29 is 4.79 Å². The molecule has 3 rings (SSSR count). The summed E-state index contributed by atoms with van der Waals surface area (Å²) in [7, 11) is 0. The minimum absolute atomic E-state index is 0.202. The van der Waals surface area contributed by atoms with Crippen LogP contribution in [0.25, 0.3) is 10.2 Å². The third-order valence-corrected chi connectivity index (χ3v) is 5.48. The molecule has 0 aliphatic carbocycles. The van der Waals surface area contributed by atoms with Crippen molar-refractivity contribution in [1.82, 2.24) is 4.98 Å². The van der Waals surface area contributed by atoms with Gasteiger partial charge >= 0.3 is 0 Å². The van der Waals surface area contributed by atoms with Crippen molar-refractivity contribution in [3.05, 3.63) is 56.5 Å². The quantitative estimate of drug-likeness (QED) is 0.574. The lowest BCUT2D eigenvalue weighted by Gasteiger charge is -2.03. The molecule has 0 atom stereocenters. The van der Waals surface area contributed by atoms with Crippen LogP contribution in [0.2, 0.25) is 10.0 Å². The van der Waals surface area contributed by atoms with E-state index >= 15 is 0 Å². The second-order valence-electron chi connectivity index (χ2n) is 5.56. The Hall–Kier alpha value is -1.62. The molecular weight excluding hydrogens is 363 g/mol. The summed E-state index contributed by atoms with van der Waals surface area (Å²) in [6.07, 6.45) is 3.13. The third kappa shape index (κ3) is 3.27. The molecule has 0 unspecified atom stereocenters. The molecule has 124 valence electrons. The van der Waals surface area contributed by atoms with Crippen LogP contribution in [-0.2, 0) is 6.42 Å². The number of carbonyl (C=O) groups is 1. The van der Waals surface area contributed by atoms with Crippen LogP contribution in [0.3, 0.4) is 0 Å². The fraction of sp³-hybridized carbons (Fsp3) is 0.222. The van der Waals surface area contributed by atoms with Crippen molar-refractivity contribution in [1.29, 1.82) is 0 Å². The Morgan fingerprint density at radius 1 is 1.25 bits per heavy atom. The Morgan fingerprint density at radius 2 is 2.04 bits per heavy atom. The average Bonchev–Trinajstić information content (AvgIpc) is 2.89. The minimum atomic E-state index is -0.202. The van der Waals surface area contributed by atoms with Gasteiger partial charge in [0.15, 0.2) is 0 Å². The SMILES string of the molecule is CCCCc1ccc2c(N)c(C(=O)c3ccc(Cl)cc3Cl)sc2n1. The van der Waals surface area contributed by atoms with Gasteiger partial charge in [-0.15, -0.1) is 11.3 Å². The van der Waals surface area contributed by atoms with Gasteiger partial charge in [-0.3, -0.25) is 4.79 Å². The molecule has 3 nitrogen and oxygen atoms in total. The second kappa shape index (κ2) is 7.09. The Morgan fingerprint density at radius 3 is 2.75 bits per heavy atom. The van der Waals surface area contributed by atoms with Crippen molar-refractivity contribution in [2.75, 3.05) is 5.73 Å². The normalized spacial score (nSPS) is 11.1. The highest BCUT2D eigenvalue weighted by Crippen LogP contribution is 2.35. The standard InChI is InChI=1S/C18H16Cl2N2OS/c1-2-3-4-11-6-8-13-15(21)17(24-18(13)22-11)16(23)12-7-5-10(19)9-14(12)20/h5-9H,2-4,21H2,1H3. The Kier molecular flexibility index (Phi) is 5.09. The van der Waals surface area contributed by atoms with E-state index in [1.54, 1.807) is 18.2 Å². The van der Waals surface area contributed by atoms with Crippen molar-refractivity contribution in [3.63, 3.8) is 0 Å². The number of ketones is 1. The summed E-state index contributed by atoms with van der Waals surface area (Å²) in [5, 5.41) is 1.62. The Balaban J connectivity index is 2.02. The Labute approximate surface area is 154 Å². The van der Waals surface area contributed by atoms with Gasteiger partial charge < -0.3 is 5.73 Å². The summed E-state index contributed by atoms with van der Waals surface area (Å²) in [5.41, 5.74) is 8.06. The van der Waals surface area contributed by atoms with E-state index in [-0.39, 0.29) is 5.78 Å². The zero-order valence-electron chi connectivity index (χ0n) is 13.1. The highest BCUT2D eigenvalue weighted by molar-refractivity contribution is 7.21. The number of rotatable bonds is 5. The smallest absolute Gasteiger partial charge is 0.206 e. The van der Waals surface area contributed by atoms with Crippen LogP contribution in [-0.4, -0.2) is 10.8 Å². The summed E-state index contributed by atoms with van der Waals surface area (Å²) in [4.78, 5) is 18.7. The summed E-state index contributed by atoms with van der Waals surface area (Å²) in [5.74, 6) is -0.202. The minimum Gasteiger partial charge on any atom is -0.397 e. The predicted molar refractivity (Wildman–Crippen MR) is 103 cm³/mol. The number of hydrogen-bond donors (Lipinski definition) is 1. The highest BCUT2D eigenvalue weighted by Gasteiger charge is 2.21. The number of nitrogens with two attached hydrogens (primary N) is 1. The monoisotopic (exact) mass is 378 g/mol. The molecule has 0 saturated carbocycles. The fourth-order valence-corrected chi connectivity index (χ4v) is 4.06. The molecule has 3 aromatic rings. The van der Waals surface area contributed by atoms with Crippen molar-refractivity contribution >= 4 is 56.2 Å². The van der Waals surface area contributed by atoms with Gasteiger partial charge in [-0.1, -0.05) is 36.5 Å². The first-order valence-corrected chi connectivity index (χ1v) is 9.26. The third-order valence-electron chi connectivity index (χ3n) is 3.82. The number of benzene rings is 1. The van der Waals surface area contributed by atoms with Crippen molar-refractivity contribution in [2.24, 2.45) is 0 Å². The molecule has 0 spiro atoms. The summed E-state index contributed by atoms with van der Waals surface area (Å²) < 4.78 is 0. The van der Waals surface area contributed by atoms with E-state index in [4.69, 9.17) is 28.9 Å². The number of unbranched alkanes of at least 4 members (excludes halogenated alkanes) is 1. The maximum absolute atomic E-state index is 12.8. The fourth-order valence-electron chi connectivity index (χ4n) is 2.50. The number of anilines is 1. The second-order valence-corrected chi connectivity index (χ2v) is 7.40. The van der Waals surface area contributed by atoms with E-state index in [0.717, 1.165) is 35.2 Å². The first-order chi connectivity index (χ1) is 11.5. The van der Waals surface area contributed by atoms with Gasteiger partial charge in [0.2, 0.25) is 5.78 Å². The molecule has 0 amide bonds. The van der Waals surface area contributed by atoms with Crippen LogP contribution in [0, 0.1) is 0 Å². The lowest BCUT2D eigenvalue weighted by atomic mass is 10.1. The molecule has 0 saturated heterocycles. The number of fused-ring (bicyclic) bond motifs is 1. The number of thiophene rings is 1. The van der Waals surface area contributed by atoms with Crippen LogP contribution < -0.4 is 5.73 Å². The molecule has 6 heteroatoms. The molecular formula is C18H16Cl2N2OS. The van der Waals surface area contributed by atoms with E-state index in [9.17, 15) is 4.79 Å². The van der Waals surface area contributed by atoms with Gasteiger partial charge in [0, 0.05) is 21.7 Å². The summed E-state index contributed by atoms with van der Waals surface area (Å²) in [6, 6.07) is 8.74. The molecule has 2 aromatic heterocycles. The molecule has 0 fully saturated rings. The molecule has 0 aliphatic rings.